The highest BCUT2D eigenvalue weighted by molar-refractivity contribution is 5.87. The first kappa shape index (κ1) is 11.7. The highest BCUT2D eigenvalue weighted by Gasteiger charge is 2.15. The van der Waals surface area contributed by atoms with Gasteiger partial charge in [-0.15, -0.1) is 0 Å². The smallest absolute Gasteiger partial charge is 0.374 e. The highest BCUT2D eigenvalue weighted by Crippen LogP contribution is 2.11. The molecular weight excluding hydrogens is 198 g/mol. The normalized spacial score (nSPS) is 12.5. The summed E-state index contributed by atoms with van der Waals surface area (Å²) in [6.07, 6.45) is 1.02. The zero-order chi connectivity index (χ0) is 11.3. The minimum atomic E-state index is -0.492. The van der Waals surface area contributed by atoms with E-state index in [1.807, 2.05) is 0 Å². The molecule has 2 N–H and O–H groups in total. The van der Waals surface area contributed by atoms with Gasteiger partial charge in [0.2, 0.25) is 5.76 Å². The van der Waals surface area contributed by atoms with Crippen molar-refractivity contribution in [3.05, 3.63) is 23.7 Å². The molecule has 0 aliphatic rings. The van der Waals surface area contributed by atoms with Crippen molar-refractivity contribution in [2.45, 2.75) is 19.6 Å². The van der Waals surface area contributed by atoms with Gasteiger partial charge in [0.15, 0.2) is 0 Å². The van der Waals surface area contributed by atoms with E-state index in [1.165, 1.54) is 13.4 Å². The van der Waals surface area contributed by atoms with E-state index < -0.39 is 12.1 Å². The maximum absolute atomic E-state index is 11.2. The van der Waals surface area contributed by atoms with E-state index in [1.54, 1.807) is 13.0 Å². The van der Waals surface area contributed by atoms with Gasteiger partial charge in [-0.3, -0.25) is 0 Å². The molecule has 0 aliphatic heterocycles. The summed E-state index contributed by atoms with van der Waals surface area (Å²) < 4.78 is 9.55. The molecule has 1 rings (SSSR count). The number of aliphatic hydroxyl groups is 1. The van der Waals surface area contributed by atoms with Crippen molar-refractivity contribution >= 4 is 5.97 Å². The van der Waals surface area contributed by atoms with Crippen LogP contribution in [0.5, 0.6) is 0 Å². The molecule has 1 unspecified atom stereocenters. The average Bonchev–Trinajstić information content (AvgIpc) is 2.64. The molecule has 0 aromatic carbocycles. The maximum Gasteiger partial charge on any atom is 0.374 e. The Hall–Kier alpha value is -1.33. The maximum atomic E-state index is 11.2. The summed E-state index contributed by atoms with van der Waals surface area (Å²) in [4.78, 5) is 11.2. The van der Waals surface area contributed by atoms with Crippen molar-refractivity contribution in [3.63, 3.8) is 0 Å². The minimum Gasteiger partial charge on any atom is -0.463 e. The lowest BCUT2D eigenvalue weighted by molar-refractivity contribution is 0.0563. The molecule has 1 heterocycles. The van der Waals surface area contributed by atoms with Gasteiger partial charge in [-0.1, -0.05) is 0 Å². The third kappa shape index (κ3) is 3.38. The first-order chi connectivity index (χ1) is 7.15. The highest BCUT2D eigenvalue weighted by atomic mass is 16.5. The minimum absolute atomic E-state index is 0.204. The number of hydrogen-bond acceptors (Lipinski definition) is 5. The van der Waals surface area contributed by atoms with Crippen molar-refractivity contribution in [2.24, 2.45) is 0 Å². The van der Waals surface area contributed by atoms with E-state index in [9.17, 15) is 4.79 Å². The number of methoxy groups -OCH3 is 1. The molecule has 1 aromatic heterocycles. The molecule has 15 heavy (non-hydrogen) atoms. The molecule has 0 radical (unpaired) electrons. The summed E-state index contributed by atoms with van der Waals surface area (Å²) in [6, 6.07) is 1.70. The Labute approximate surface area is 88.0 Å². The zero-order valence-corrected chi connectivity index (χ0v) is 8.82. The number of carbonyl (C=O) groups excluding carboxylic acids is 1. The predicted molar refractivity (Wildman–Crippen MR) is 53.4 cm³/mol. The van der Waals surface area contributed by atoms with Gasteiger partial charge in [-0.25, -0.2) is 4.79 Å². The van der Waals surface area contributed by atoms with Gasteiger partial charge in [0, 0.05) is 18.7 Å². The molecule has 0 spiro atoms. The van der Waals surface area contributed by atoms with Gasteiger partial charge in [0.1, 0.15) is 0 Å². The van der Waals surface area contributed by atoms with Gasteiger partial charge in [-0.05, 0) is 13.0 Å². The van der Waals surface area contributed by atoms with Crippen LogP contribution in [0.2, 0.25) is 0 Å². The molecule has 84 valence electrons. The monoisotopic (exact) mass is 213 g/mol. The number of aliphatic hydroxyl groups excluding tert-OH is 1. The zero-order valence-electron chi connectivity index (χ0n) is 8.82. The van der Waals surface area contributed by atoms with Gasteiger partial charge in [-0.2, -0.15) is 0 Å². The van der Waals surface area contributed by atoms with E-state index >= 15 is 0 Å². The third-order valence-corrected chi connectivity index (χ3v) is 1.87. The molecule has 0 aliphatic carbocycles. The van der Waals surface area contributed by atoms with Gasteiger partial charge < -0.3 is 19.6 Å². The Kier molecular flexibility index (Phi) is 4.33. The number of hydrogen-bond donors (Lipinski definition) is 2. The van der Waals surface area contributed by atoms with Crippen molar-refractivity contribution in [2.75, 3.05) is 13.7 Å². The fourth-order valence-corrected chi connectivity index (χ4v) is 1.16. The molecule has 1 aromatic rings. The van der Waals surface area contributed by atoms with Crippen LogP contribution in [0.15, 0.2) is 16.7 Å². The van der Waals surface area contributed by atoms with Gasteiger partial charge in [0.05, 0.1) is 19.5 Å². The van der Waals surface area contributed by atoms with Crippen LogP contribution in [0.25, 0.3) is 0 Å². The van der Waals surface area contributed by atoms with E-state index in [-0.39, 0.29) is 5.76 Å². The second-order valence-corrected chi connectivity index (χ2v) is 3.25. The molecule has 1 atom stereocenters. The molecule has 0 bridgehead atoms. The summed E-state index contributed by atoms with van der Waals surface area (Å²) >= 11 is 0. The Bertz CT molecular complexity index is 319. The summed E-state index contributed by atoms with van der Waals surface area (Å²) in [7, 11) is 1.30. The van der Waals surface area contributed by atoms with Crippen molar-refractivity contribution in [1.82, 2.24) is 5.32 Å². The lowest BCUT2D eigenvalue weighted by Gasteiger charge is -2.06. The van der Waals surface area contributed by atoms with E-state index in [2.05, 4.69) is 10.1 Å². The molecule has 5 heteroatoms. The van der Waals surface area contributed by atoms with Crippen molar-refractivity contribution < 1.29 is 19.1 Å². The first-order valence-corrected chi connectivity index (χ1v) is 4.68. The predicted octanol–water partition coefficient (Wildman–Crippen LogP) is 0.537. The molecule has 0 saturated carbocycles. The van der Waals surface area contributed by atoms with Crippen molar-refractivity contribution in [3.8, 4) is 0 Å². The van der Waals surface area contributed by atoms with Crippen LogP contribution in [-0.2, 0) is 11.3 Å². The topological polar surface area (TPSA) is 71.7 Å². The van der Waals surface area contributed by atoms with Gasteiger partial charge in [0.25, 0.3) is 0 Å². The van der Waals surface area contributed by atoms with Crippen LogP contribution in [-0.4, -0.2) is 30.8 Å². The van der Waals surface area contributed by atoms with Crippen LogP contribution >= 0.6 is 0 Å². The third-order valence-electron chi connectivity index (χ3n) is 1.87. The largest absolute Gasteiger partial charge is 0.463 e. The van der Waals surface area contributed by atoms with Crippen LogP contribution in [0, 0.1) is 0 Å². The number of rotatable bonds is 5. The summed E-state index contributed by atoms with van der Waals surface area (Å²) in [5, 5.41) is 12.0. The van der Waals surface area contributed by atoms with Crippen LogP contribution in [0.4, 0.5) is 0 Å². The summed E-state index contributed by atoms with van der Waals surface area (Å²) in [5.74, 6) is -0.288. The first-order valence-electron chi connectivity index (χ1n) is 4.68. The lowest BCUT2D eigenvalue weighted by atomic mass is 10.2. The number of esters is 1. The molecule has 0 amide bonds. The van der Waals surface area contributed by atoms with E-state index in [0.717, 1.165) is 5.56 Å². The van der Waals surface area contributed by atoms with Crippen LogP contribution < -0.4 is 5.32 Å². The van der Waals surface area contributed by atoms with Crippen LogP contribution in [0.1, 0.15) is 23.0 Å². The van der Waals surface area contributed by atoms with Crippen LogP contribution in [0.3, 0.4) is 0 Å². The standard InChI is InChI=1S/C10H15NO4/c1-7(12)5-11-6-8-3-4-15-9(8)10(13)14-2/h3-4,7,11-12H,5-6H2,1-2H3. The molecular formula is C10H15NO4. The quantitative estimate of drug-likeness (QED) is 0.698. The SMILES string of the molecule is COC(=O)c1occc1CNCC(C)O. The second-order valence-electron chi connectivity index (χ2n) is 3.25. The van der Waals surface area contributed by atoms with E-state index in [4.69, 9.17) is 9.52 Å². The Morgan fingerprint density at radius 2 is 2.47 bits per heavy atom. The fourth-order valence-electron chi connectivity index (χ4n) is 1.16. The molecule has 5 nitrogen and oxygen atoms in total. The Morgan fingerprint density at radius 1 is 1.73 bits per heavy atom. The molecule has 0 saturated heterocycles. The van der Waals surface area contributed by atoms with E-state index in [0.29, 0.717) is 13.1 Å². The fraction of sp³-hybridized carbons (Fsp3) is 0.500. The number of nitrogens with one attached hydrogen (secondary N) is 1. The van der Waals surface area contributed by atoms with Gasteiger partial charge >= 0.3 is 5.97 Å². The number of carbonyl (C=O) groups is 1. The Morgan fingerprint density at radius 3 is 3.07 bits per heavy atom. The summed E-state index contributed by atoms with van der Waals surface area (Å²) in [5.41, 5.74) is 0.725. The number of ether oxygens (including phenoxy) is 1. The Balaban J connectivity index is 2.54. The lowest BCUT2D eigenvalue weighted by Crippen LogP contribution is -2.24. The second kappa shape index (κ2) is 5.53. The molecule has 0 fully saturated rings. The number of furan rings is 1. The van der Waals surface area contributed by atoms with Crippen molar-refractivity contribution in [1.29, 1.82) is 0 Å². The average molecular weight is 213 g/mol. The summed E-state index contributed by atoms with van der Waals surface area (Å²) in [6.45, 7) is 2.61.